The fourth-order valence-corrected chi connectivity index (χ4v) is 2.33. The zero-order valence-electron chi connectivity index (χ0n) is 13.7. The van der Waals surface area contributed by atoms with E-state index in [9.17, 15) is 19.2 Å². The highest BCUT2D eigenvalue weighted by atomic mass is 32.1. The van der Waals surface area contributed by atoms with Crippen LogP contribution < -0.4 is 10.6 Å². The van der Waals surface area contributed by atoms with E-state index in [4.69, 9.17) is 15.3 Å². The molecule has 0 aliphatic rings. The van der Waals surface area contributed by atoms with E-state index in [1.54, 1.807) is 24.3 Å². The number of carboxylic acid groups (broad SMARTS) is 2. The predicted molar refractivity (Wildman–Crippen MR) is 93.8 cm³/mol. The molecule has 1 rings (SSSR count). The molecule has 0 heterocycles. The van der Waals surface area contributed by atoms with Crippen LogP contribution in [-0.2, 0) is 25.6 Å². The van der Waals surface area contributed by atoms with E-state index >= 15 is 0 Å². The van der Waals surface area contributed by atoms with Crippen LogP contribution in [0.1, 0.15) is 12.0 Å². The third-order valence-electron chi connectivity index (χ3n) is 3.38. The molecule has 0 saturated carbocycles. The van der Waals surface area contributed by atoms with Crippen LogP contribution in [0.25, 0.3) is 0 Å². The standard InChI is InChI=1S/C16H20N2O7S/c19-8-11(16(24)25)18-14(22)10(7-13(20)21)17-15(23)12(26)6-9-4-2-1-3-5-9/h1-5,10-12,19,26H,6-8H2,(H,17,23)(H,18,22)(H,20,21)(H,24,25)/t10-,11-,12-/m0/s1. The minimum atomic E-state index is -1.60. The van der Waals surface area contributed by atoms with Crippen molar-refractivity contribution in [2.75, 3.05) is 6.61 Å². The summed E-state index contributed by atoms with van der Waals surface area (Å²) in [5.74, 6) is -4.55. The summed E-state index contributed by atoms with van der Waals surface area (Å²) in [5.41, 5.74) is 0.827. The Balaban J connectivity index is 2.76. The number of nitrogens with one attached hydrogen (secondary N) is 2. The largest absolute Gasteiger partial charge is 0.481 e. The molecule has 9 nitrogen and oxygen atoms in total. The average Bonchev–Trinajstić information content (AvgIpc) is 2.58. The summed E-state index contributed by atoms with van der Waals surface area (Å²) >= 11 is 4.17. The monoisotopic (exact) mass is 384 g/mol. The summed E-state index contributed by atoms with van der Waals surface area (Å²) in [6.07, 6.45) is -0.493. The van der Waals surface area contributed by atoms with Crippen molar-refractivity contribution in [2.24, 2.45) is 0 Å². The number of amides is 2. The number of aliphatic carboxylic acids is 2. The Morgan fingerprint density at radius 1 is 0.962 bits per heavy atom. The van der Waals surface area contributed by atoms with E-state index in [2.05, 4.69) is 17.9 Å². The Hall–Kier alpha value is -2.59. The van der Waals surface area contributed by atoms with Crippen LogP contribution in [0.4, 0.5) is 0 Å². The van der Waals surface area contributed by atoms with Gasteiger partial charge < -0.3 is 26.0 Å². The molecule has 0 radical (unpaired) electrons. The summed E-state index contributed by atoms with van der Waals surface area (Å²) in [6, 6.07) is 5.85. The first-order chi connectivity index (χ1) is 12.2. The van der Waals surface area contributed by atoms with Crippen molar-refractivity contribution in [1.29, 1.82) is 0 Å². The Kier molecular flexibility index (Phi) is 8.59. The minimum absolute atomic E-state index is 0.256. The molecule has 0 saturated heterocycles. The zero-order valence-corrected chi connectivity index (χ0v) is 14.6. The van der Waals surface area contributed by atoms with Crippen LogP contribution in [0.3, 0.4) is 0 Å². The van der Waals surface area contributed by atoms with Crippen molar-refractivity contribution in [3.05, 3.63) is 35.9 Å². The van der Waals surface area contributed by atoms with Gasteiger partial charge in [-0.05, 0) is 12.0 Å². The maximum atomic E-state index is 12.2. The van der Waals surface area contributed by atoms with Gasteiger partial charge in [-0.25, -0.2) is 4.79 Å². The molecule has 5 N–H and O–H groups in total. The predicted octanol–water partition coefficient (Wildman–Crippen LogP) is -0.951. The third kappa shape index (κ3) is 7.11. The molecule has 0 bridgehead atoms. The van der Waals surface area contributed by atoms with E-state index < -0.39 is 54.1 Å². The van der Waals surface area contributed by atoms with Gasteiger partial charge in [-0.15, -0.1) is 0 Å². The molecular weight excluding hydrogens is 364 g/mol. The Labute approximate surface area is 154 Å². The molecule has 0 spiro atoms. The number of carbonyl (C=O) groups is 4. The van der Waals surface area contributed by atoms with Gasteiger partial charge in [0.1, 0.15) is 12.1 Å². The highest BCUT2D eigenvalue weighted by molar-refractivity contribution is 7.81. The molecule has 3 atom stereocenters. The van der Waals surface area contributed by atoms with Crippen LogP contribution in [0, 0.1) is 0 Å². The molecule has 1 aromatic rings. The zero-order chi connectivity index (χ0) is 19.7. The van der Waals surface area contributed by atoms with Crippen molar-refractivity contribution >= 4 is 36.4 Å². The number of carbonyl (C=O) groups excluding carboxylic acids is 2. The Bertz CT molecular complexity index is 653. The number of hydrogen-bond acceptors (Lipinski definition) is 6. The highest BCUT2D eigenvalue weighted by Crippen LogP contribution is 2.08. The van der Waals surface area contributed by atoms with E-state index in [0.29, 0.717) is 0 Å². The maximum absolute atomic E-state index is 12.2. The molecule has 0 fully saturated rings. The molecule has 142 valence electrons. The Morgan fingerprint density at radius 2 is 1.54 bits per heavy atom. The second-order valence-corrected chi connectivity index (χ2v) is 6.07. The summed E-state index contributed by atoms with van der Waals surface area (Å²) in [7, 11) is 0. The molecule has 1 aromatic carbocycles. The number of aliphatic hydroxyl groups excluding tert-OH is 1. The second-order valence-electron chi connectivity index (χ2n) is 5.45. The lowest BCUT2D eigenvalue weighted by molar-refractivity contribution is -0.144. The van der Waals surface area contributed by atoms with Crippen molar-refractivity contribution in [3.8, 4) is 0 Å². The normalized spacial score (nSPS) is 13.9. The van der Waals surface area contributed by atoms with Crippen LogP contribution in [0.5, 0.6) is 0 Å². The van der Waals surface area contributed by atoms with Crippen molar-refractivity contribution in [2.45, 2.75) is 30.2 Å². The highest BCUT2D eigenvalue weighted by Gasteiger charge is 2.29. The third-order valence-corrected chi connectivity index (χ3v) is 3.80. The molecule has 2 amide bonds. The lowest BCUT2D eigenvalue weighted by Gasteiger charge is -2.21. The van der Waals surface area contributed by atoms with Gasteiger partial charge >= 0.3 is 11.9 Å². The van der Waals surface area contributed by atoms with Crippen molar-refractivity contribution < 1.29 is 34.5 Å². The summed E-state index contributed by atoms with van der Waals surface area (Å²) < 4.78 is 0. The maximum Gasteiger partial charge on any atom is 0.328 e. The fourth-order valence-electron chi connectivity index (χ4n) is 2.04. The van der Waals surface area contributed by atoms with Gasteiger partial charge in [0.15, 0.2) is 0 Å². The average molecular weight is 384 g/mol. The van der Waals surface area contributed by atoms with Gasteiger partial charge in [0.25, 0.3) is 0 Å². The number of hydrogen-bond donors (Lipinski definition) is 6. The first-order valence-corrected chi connectivity index (χ1v) is 8.14. The number of rotatable bonds is 10. The Morgan fingerprint density at radius 3 is 2.04 bits per heavy atom. The molecule has 0 aliphatic heterocycles. The van der Waals surface area contributed by atoms with Gasteiger partial charge in [-0.3, -0.25) is 14.4 Å². The smallest absolute Gasteiger partial charge is 0.328 e. The summed E-state index contributed by atoms with van der Waals surface area (Å²) in [6.45, 7) is -0.877. The first kappa shape index (κ1) is 21.5. The SMILES string of the molecule is O=C(O)C[C@H](NC(=O)[C@@H](S)Cc1ccccc1)C(=O)N[C@@H](CO)C(=O)O. The number of aliphatic hydroxyl groups is 1. The summed E-state index contributed by atoms with van der Waals surface area (Å²) in [5, 5.41) is 30.1. The van der Waals surface area contributed by atoms with Gasteiger partial charge in [-0.1, -0.05) is 30.3 Å². The summed E-state index contributed by atoms with van der Waals surface area (Å²) in [4.78, 5) is 46.1. The van der Waals surface area contributed by atoms with Gasteiger partial charge in [0.05, 0.1) is 18.3 Å². The van der Waals surface area contributed by atoms with Gasteiger partial charge in [-0.2, -0.15) is 12.6 Å². The molecule has 26 heavy (non-hydrogen) atoms. The lowest BCUT2D eigenvalue weighted by atomic mass is 10.1. The minimum Gasteiger partial charge on any atom is -0.481 e. The first-order valence-electron chi connectivity index (χ1n) is 7.62. The molecular formula is C16H20N2O7S. The molecule has 0 unspecified atom stereocenters. The molecule has 10 heteroatoms. The van der Waals surface area contributed by atoms with Crippen molar-refractivity contribution in [1.82, 2.24) is 10.6 Å². The van der Waals surface area contributed by atoms with Gasteiger partial charge in [0, 0.05) is 0 Å². The quantitative estimate of drug-likeness (QED) is 0.284. The number of carboxylic acids is 2. The number of thiol groups is 1. The van der Waals surface area contributed by atoms with E-state index in [-0.39, 0.29) is 6.42 Å². The second kappa shape index (κ2) is 10.4. The van der Waals surface area contributed by atoms with Crippen molar-refractivity contribution in [3.63, 3.8) is 0 Å². The molecule has 0 aromatic heterocycles. The van der Waals surface area contributed by atoms with Crippen LogP contribution in [0.15, 0.2) is 30.3 Å². The lowest BCUT2D eigenvalue weighted by Crippen LogP contribution is -2.54. The van der Waals surface area contributed by atoms with Crippen LogP contribution in [0.2, 0.25) is 0 Å². The fraction of sp³-hybridized carbons (Fsp3) is 0.375. The van der Waals surface area contributed by atoms with E-state index in [0.717, 1.165) is 5.56 Å². The number of benzene rings is 1. The van der Waals surface area contributed by atoms with Gasteiger partial charge in [0.2, 0.25) is 11.8 Å². The van der Waals surface area contributed by atoms with E-state index in [1.165, 1.54) is 0 Å². The van der Waals surface area contributed by atoms with Crippen LogP contribution >= 0.6 is 12.6 Å². The topological polar surface area (TPSA) is 153 Å². The van der Waals surface area contributed by atoms with Crippen LogP contribution in [-0.4, -0.2) is 63.0 Å². The van der Waals surface area contributed by atoms with E-state index in [1.807, 2.05) is 11.4 Å². The molecule has 0 aliphatic carbocycles.